The van der Waals surface area contributed by atoms with Crippen molar-refractivity contribution in [3.8, 4) is 0 Å². The monoisotopic (exact) mass is 315 g/mol. The van der Waals surface area contributed by atoms with Gasteiger partial charge in [0, 0.05) is 5.41 Å². The van der Waals surface area contributed by atoms with Crippen LogP contribution in [-0.2, 0) is 9.36 Å². The molecule has 0 aromatic heterocycles. The SMILES string of the molecule is Cc1ccc(C(=O)[P+](=O)C(=O)C2C=CC=CC2(C)C)c(C)c1. The molecule has 1 aromatic rings. The third-order valence-corrected chi connectivity index (χ3v) is 5.29. The maximum atomic E-state index is 12.5. The molecule has 2 atom stereocenters. The van der Waals surface area contributed by atoms with Crippen molar-refractivity contribution in [2.24, 2.45) is 11.3 Å². The van der Waals surface area contributed by atoms with Gasteiger partial charge in [0.15, 0.2) is 0 Å². The van der Waals surface area contributed by atoms with Crippen molar-refractivity contribution >= 4 is 18.8 Å². The zero-order valence-electron chi connectivity index (χ0n) is 13.3. The van der Waals surface area contributed by atoms with E-state index in [0.29, 0.717) is 5.56 Å². The predicted molar refractivity (Wildman–Crippen MR) is 88.4 cm³/mol. The molecule has 0 heterocycles. The molecule has 0 saturated carbocycles. The maximum Gasteiger partial charge on any atom is 0.497 e. The van der Waals surface area contributed by atoms with Crippen molar-refractivity contribution in [2.45, 2.75) is 27.7 Å². The maximum absolute atomic E-state index is 12.5. The van der Waals surface area contributed by atoms with Crippen molar-refractivity contribution in [1.29, 1.82) is 0 Å². The van der Waals surface area contributed by atoms with Crippen LogP contribution in [0.3, 0.4) is 0 Å². The molecule has 4 heteroatoms. The lowest BCUT2D eigenvalue weighted by Gasteiger charge is -2.26. The summed E-state index contributed by atoms with van der Waals surface area (Å²) in [6.45, 7) is 7.52. The normalized spacial score (nSPS) is 19.8. The van der Waals surface area contributed by atoms with Crippen LogP contribution in [0.4, 0.5) is 0 Å². The van der Waals surface area contributed by atoms with Crippen LogP contribution in [0, 0.1) is 25.2 Å². The van der Waals surface area contributed by atoms with Gasteiger partial charge in [-0.05, 0) is 25.5 Å². The molecule has 2 unspecified atom stereocenters. The Bertz CT molecular complexity index is 711. The van der Waals surface area contributed by atoms with E-state index >= 15 is 0 Å². The molecule has 2 rings (SSSR count). The molecule has 1 aliphatic carbocycles. The highest BCUT2D eigenvalue weighted by molar-refractivity contribution is 7.79. The molecule has 1 aliphatic rings. The molecule has 0 saturated heterocycles. The van der Waals surface area contributed by atoms with Gasteiger partial charge < -0.3 is 0 Å². The minimum atomic E-state index is -2.60. The summed E-state index contributed by atoms with van der Waals surface area (Å²) in [7, 11) is -2.60. The van der Waals surface area contributed by atoms with Gasteiger partial charge in [-0.25, -0.2) is 9.59 Å². The summed E-state index contributed by atoms with van der Waals surface area (Å²) < 4.78 is 12.5. The molecule has 1 aromatic carbocycles. The average molecular weight is 315 g/mol. The topological polar surface area (TPSA) is 51.2 Å². The Morgan fingerprint density at radius 2 is 1.82 bits per heavy atom. The second-order valence-electron chi connectivity index (χ2n) is 6.30. The van der Waals surface area contributed by atoms with Gasteiger partial charge in [-0.2, -0.15) is 0 Å². The average Bonchev–Trinajstić information content (AvgIpc) is 2.44. The van der Waals surface area contributed by atoms with Crippen LogP contribution in [0.15, 0.2) is 42.5 Å². The van der Waals surface area contributed by atoms with Crippen LogP contribution in [0.1, 0.15) is 35.3 Å². The van der Waals surface area contributed by atoms with Crippen LogP contribution < -0.4 is 0 Å². The van der Waals surface area contributed by atoms with Gasteiger partial charge in [-0.3, -0.25) is 0 Å². The Morgan fingerprint density at radius 3 is 2.41 bits per heavy atom. The Kier molecular flexibility index (Phi) is 4.58. The van der Waals surface area contributed by atoms with Crippen molar-refractivity contribution in [2.75, 3.05) is 0 Å². The summed E-state index contributed by atoms with van der Waals surface area (Å²) in [5, 5.41) is 0. The summed E-state index contributed by atoms with van der Waals surface area (Å²) >= 11 is 0. The second kappa shape index (κ2) is 6.10. The van der Waals surface area contributed by atoms with E-state index in [1.54, 1.807) is 31.2 Å². The number of hydrogen-bond donors (Lipinski definition) is 0. The summed E-state index contributed by atoms with van der Waals surface area (Å²) in [6.07, 6.45) is 7.26. The Morgan fingerprint density at radius 1 is 1.14 bits per heavy atom. The fourth-order valence-electron chi connectivity index (χ4n) is 2.62. The number of hydrogen-bond acceptors (Lipinski definition) is 3. The van der Waals surface area contributed by atoms with Gasteiger partial charge >= 0.3 is 18.8 Å². The molecule has 0 fully saturated rings. The first-order valence-electron chi connectivity index (χ1n) is 7.23. The molecule has 22 heavy (non-hydrogen) atoms. The van der Waals surface area contributed by atoms with Crippen molar-refractivity contribution in [1.82, 2.24) is 0 Å². The van der Waals surface area contributed by atoms with E-state index in [0.717, 1.165) is 11.1 Å². The lowest BCUT2D eigenvalue weighted by molar-refractivity contribution is -0.115. The van der Waals surface area contributed by atoms with Crippen molar-refractivity contribution < 1.29 is 14.2 Å². The van der Waals surface area contributed by atoms with Crippen LogP contribution >= 0.6 is 7.80 Å². The van der Waals surface area contributed by atoms with Crippen LogP contribution in [0.25, 0.3) is 0 Å². The zero-order valence-corrected chi connectivity index (χ0v) is 14.2. The fraction of sp³-hybridized carbons (Fsp3) is 0.333. The third kappa shape index (κ3) is 3.15. The molecule has 0 spiro atoms. The quantitative estimate of drug-likeness (QED) is 0.765. The lowest BCUT2D eigenvalue weighted by atomic mass is 9.77. The zero-order chi connectivity index (χ0) is 16.5. The molecular weight excluding hydrogens is 295 g/mol. The van der Waals surface area contributed by atoms with E-state index in [9.17, 15) is 14.2 Å². The van der Waals surface area contributed by atoms with Crippen LogP contribution in [-0.4, -0.2) is 11.0 Å². The van der Waals surface area contributed by atoms with Crippen molar-refractivity contribution in [3.63, 3.8) is 0 Å². The summed E-state index contributed by atoms with van der Waals surface area (Å²) in [5.74, 6) is -0.532. The molecule has 0 radical (unpaired) electrons. The van der Waals surface area contributed by atoms with Crippen molar-refractivity contribution in [3.05, 3.63) is 59.2 Å². The minimum Gasteiger partial charge on any atom is -0.239 e. The van der Waals surface area contributed by atoms with Gasteiger partial charge in [-0.15, -0.1) is 0 Å². The number of carbonyl (C=O) groups is 2. The number of aryl methyl sites for hydroxylation is 2. The fourth-order valence-corrected chi connectivity index (χ4v) is 3.96. The molecule has 3 nitrogen and oxygen atoms in total. The number of carbonyl (C=O) groups excluding carboxylic acids is 2. The minimum absolute atomic E-state index is 0.369. The predicted octanol–water partition coefficient (Wildman–Crippen LogP) is 4.57. The Labute approximate surface area is 131 Å². The van der Waals surface area contributed by atoms with Gasteiger partial charge in [0.05, 0.1) is 11.5 Å². The van der Waals surface area contributed by atoms with E-state index in [1.807, 2.05) is 39.0 Å². The van der Waals surface area contributed by atoms with E-state index < -0.39 is 30.2 Å². The van der Waals surface area contributed by atoms with Crippen LogP contribution in [0.2, 0.25) is 0 Å². The van der Waals surface area contributed by atoms with Crippen LogP contribution in [0.5, 0.6) is 0 Å². The van der Waals surface area contributed by atoms with E-state index in [2.05, 4.69) is 0 Å². The first-order valence-corrected chi connectivity index (χ1v) is 8.49. The van der Waals surface area contributed by atoms with Gasteiger partial charge in [0.25, 0.3) is 0 Å². The Balaban J connectivity index is 2.28. The smallest absolute Gasteiger partial charge is 0.239 e. The molecule has 114 valence electrons. The van der Waals surface area contributed by atoms with E-state index in [1.165, 1.54) is 0 Å². The summed E-state index contributed by atoms with van der Waals surface area (Å²) in [6, 6.07) is 5.30. The van der Waals surface area contributed by atoms with Gasteiger partial charge in [0.1, 0.15) is 0 Å². The first-order chi connectivity index (χ1) is 10.2. The third-order valence-electron chi connectivity index (χ3n) is 4.01. The Hall–Kier alpha value is -1.86. The molecule has 0 N–H and O–H groups in total. The summed E-state index contributed by atoms with van der Waals surface area (Å²) in [4.78, 5) is 24.9. The molecule has 0 bridgehead atoms. The lowest BCUT2D eigenvalue weighted by Crippen LogP contribution is -2.28. The number of benzene rings is 1. The summed E-state index contributed by atoms with van der Waals surface area (Å²) in [5.41, 5.74) is 0.644. The number of rotatable bonds is 4. The van der Waals surface area contributed by atoms with Gasteiger partial charge in [0.2, 0.25) is 0 Å². The first kappa shape index (κ1) is 16.5. The standard InChI is InChI=1S/C18H20O3P/c1-12-8-9-14(13(2)11-12)16(19)22(21)17(20)15-7-5-6-10-18(15,3)4/h5-11,15H,1-4H3/q+1. The van der Waals surface area contributed by atoms with Gasteiger partial charge in [-0.1, -0.05) is 60.4 Å². The van der Waals surface area contributed by atoms with E-state index in [4.69, 9.17) is 0 Å². The molecule has 0 aliphatic heterocycles. The van der Waals surface area contributed by atoms with E-state index in [-0.39, 0.29) is 0 Å². The number of allylic oxidation sites excluding steroid dienone is 4. The highest BCUT2D eigenvalue weighted by Crippen LogP contribution is 2.41. The largest absolute Gasteiger partial charge is 0.497 e. The highest BCUT2D eigenvalue weighted by Gasteiger charge is 2.48. The molecule has 0 amide bonds. The highest BCUT2D eigenvalue weighted by atomic mass is 31.1. The molecular formula is C18H20O3P+. The second-order valence-corrected chi connectivity index (χ2v) is 7.73.